The summed E-state index contributed by atoms with van der Waals surface area (Å²) < 4.78 is 7.49. The van der Waals surface area contributed by atoms with Gasteiger partial charge in [-0.25, -0.2) is 0 Å². The van der Waals surface area contributed by atoms with Gasteiger partial charge in [0, 0.05) is 11.0 Å². The first-order chi connectivity index (χ1) is 12.6. The summed E-state index contributed by atoms with van der Waals surface area (Å²) in [7, 11) is 1.35. The molecule has 2 aromatic heterocycles. The van der Waals surface area contributed by atoms with Crippen LogP contribution in [-0.4, -0.2) is 23.6 Å². The highest BCUT2D eigenvalue weighted by Crippen LogP contribution is 2.20. The van der Waals surface area contributed by atoms with Crippen molar-refractivity contribution in [3.05, 3.63) is 57.0 Å². The van der Waals surface area contributed by atoms with Crippen LogP contribution in [0.4, 0.5) is 0 Å². The molecule has 1 aromatic carbocycles. The van der Waals surface area contributed by atoms with Crippen LogP contribution in [0.25, 0.3) is 16.3 Å². The molecule has 0 aliphatic rings. The topological polar surface area (TPSA) is 60.7 Å². The predicted octanol–water partition coefficient (Wildman–Crippen LogP) is 3.64. The number of fused-ring (bicyclic) bond motifs is 1. The minimum atomic E-state index is -0.382. The van der Waals surface area contributed by atoms with E-state index in [-0.39, 0.29) is 18.4 Å². The summed E-state index contributed by atoms with van der Waals surface area (Å²) in [5.41, 5.74) is 2.06. The maximum atomic E-state index is 12.2. The third-order valence-corrected chi connectivity index (χ3v) is 5.69. The first-order valence-electron chi connectivity index (χ1n) is 8.10. The maximum Gasteiger partial charge on any atom is 0.325 e. The lowest BCUT2D eigenvalue weighted by atomic mass is 10.2. The number of amides is 1. The van der Waals surface area contributed by atoms with Gasteiger partial charge in [0.1, 0.15) is 6.54 Å². The van der Waals surface area contributed by atoms with Gasteiger partial charge in [-0.3, -0.25) is 9.59 Å². The third-order valence-electron chi connectivity index (χ3n) is 3.81. The molecule has 7 heteroatoms. The van der Waals surface area contributed by atoms with E-state index in [1.807, 2.05) is 29.6 Å². The predicted molar refractivity (Wildman–Crippen MR) is 105 cm³/mol. The van der Waals surface area contributed by atoms with Gasteiger partial charge in [0.05, 0.1) is 17.3 Å². The molecule has 0 N–H and O–H groups in total. The fourth-order valence-corrected chi connectivity index (χ4v) is 4.16. The van der Waals surface area contributed by atoms with Crippen LogP contribution in [-0.2, 0) is 27.3 Å². The molecule has 0 aliphatic carbocycles. The molecule has 0 unspecified atom stereocenters. The summed E-state index contributed by atoms with van der Waals surface area (Å²) in [4.78, 5) is 29.7. The lowest BCUT2D eigenvalue weighted by molar-refractivity contribution is -0.141. The number of thiazole rings is 1. The van der Waals surface area contributed by atoms with Crippen LogP contribution in [0.1, 0.15) is 17.4 Å². The lowest BCUT2D eigenvalue weighted by Gasteiger charge is -2.04. The second-order valence-electron chi connectivity index (χ2n) is 5.50. The van der Waals surface area contributed by atoms with E-state index in [1.54, 1.807) is 22.0 Å². The molecule has 3 rings (SSSR count). The number of aryl methyl sites for hydroxylation is 1. The first kappa shape index (κ1) is 18.3. The monoisotopic (exact) mass is 386 g/mol. The van der Waals surface area contributed by atoms with Crippen molar-refractivity contribution in [2.75, 3.05) is 7.11 Å². The number of ether oxygens (including phenoxy) is 1. The van der Waals surface area contributed by atoms with Crippen molar-refractivity contribution in [2.24, 2.45) is 4.99 Å². The largest absolute Gasteiger partial charge is 0.468 e. The molecule has 3 aromatic rings. The van der Waals surface area contributed by atoms with Crippen LogP contribution in [0.5, 0.6) is 0 Å². The standard InChI is InChI=1S/C19H18N2O3S2/c1-3-13-6-8-15-16(11-13)26-19(21(15)12-18(23)24-2)20-17(22)9-7-14-5-4-10-25-14/h4-11H,3,12H2,1-2H3/b9-7+,20-19?. The average Bonchev–Trinajstić information content (AvgIpc) is 3.28. The Labute approximate surface area is 158 Å². The molecule has 1 amide bonds. The van der Waals surface area contributed by atoms with E-state index < -0.39 is 0 Å². The average molecular weight is 386 g/mol. The van der Waals surface area contributed by atoms with Gasteiger partial charge < -0.3 is 9.30 Å². The number of benzene rings is 1. The minimum absolute atomic E-state index is 0.0166. The number of hydrogen-bond donors (Lipinski definition) is 0. The van der Waals surface area contributed by atoms with Gasteiger partial charge in [-0.1, -0.05) is 30.4 Å². The van der Waals surface area contributed by atoms with Gasteiger partial charge in [-0.15, -0.1) is 11.3 Å². The van der Waals surface area contributed by atoms with Gasteiger partial charge in [-0.05, 0) is 41.6 Å². The van der Waals surface area contributed by atoms with E-state index in [0.29, 0.717) is 4.80 Å². The van der Waals surface area contributed by atoms with Gasteiger partial charge in [0.25, 0.3) is 5.91 Å². The number of rotatable bonds is 5. The SMILES string of the molecule is CCc1ccc2c(c1)sc(=NC(=O)/C=C/c1cccs1)n2CC(=O)OC. The number of esters is 1. The van der Waals surface area contributed by atoms with E-state index in [1.165, 1.54) is 30.1 Å². The summed E-state index contributed by atoms with van der Waals surface area (Å²) >= 11 is 2.94. The van der Waals surface area contributed by atoms with Crippen LogP contribution in [0.15, 0.2) is 46.8 Å². The zero-order valence-corrected chi connectivity index (χ0v) is 16.1. The molecule has 0 spiro atoms. The Morgan fingerprint density at radius 3 is 2.85 bits per heavy atom. The van der Waals surface area contributed by atoms with Crippen molar-refractivity contribution in [3.8, 4) is 0 Å². The van der Waals surface area contributed by atoms with Crippen LogP contribution in [0.2, 0.25) is 0 Å². The van der Waals surface area contributed by atoms with E-state index in [0.717, 1.165) is 21.5 Å². The first-order valence-corrected chi connectivity index (χ1v) is 9.79. The summed E-state index contributed by atoms with van der Waals surface area (Å²) in [5, 5.41) is 1.95. The van der Waals surface area contributed by atoms with Gasteiger partial charge >= 0.3 is 5.97 Å². The molecular weight excluding hydrogens is 368 g/mol. The third kappa shape index (κ3) is 4.17. The van der Waals surface area contributed by atoms with Crippen molar-refractivity contribution in [1.82, 2.24) is 4.57 Å². The zero-order valence-electron chi connectivity index (χ0n) is 14.5. The Kier molecular flexibility index (Phi) is 5.80. The number of carbonyl (C=O) groups is 2. The molecular formula is C19H18N2O3S2. The second-order valence-corrected chi connectivity index (χ2v) is 7.49. The molecule has 0 bridgehead atoms. The number of hydrogen-bond acceptors (Lipinski definition) is 5. The fraction of sp³-hybridized carbons (Fsp3) is 0.211. The highest BCUT2D eigenvalue weighted by Gasteiger charge is 2.11. The van der Waals surface area contributed by atoms with E-state index in [2.05, 4.69) is 18.0 Å². The molecule has 0 radical (unpaired) electrons. The molecule has 0 fully saturated rings. The second kappa shape index (κ2) is 8.25. The van der Waals surface area contributed by atoms with Gasteiger partial charge in [0.2, 0.25) is 0 Å². The summed E-state index contributed by atoms with van der Waals surface area (Å²) in [6, 6.07) is 9.90. The Morgan fingerprint density at radius 1 is 1.31 bits per heavy atom. The number of carbonyl (C=O) groups excluding carboxylic acids is 2. The Morgan fingerprint density at radius 2 is 2.15 bits per heavy atom. The molecule has 0 aliphatic heterocycles. The van der Waals surface area contributed by atoms with Crippen LogP contribution < -0.4 is 4.80 Å². The molecule has 0 saturated heterocycles. The van der Waals surface area contributed by atoms with Crippen LogP contribution in [0.3, 0.4) is 0 Å². The quantitative estimate of drug-likeness (QED) is 0.497. The summed E-state index contributed by atoms with van der Waals surface area (Å²) in [5.74, 6) is -0.744. The highest BCUT2D eigenvalue weighted by molar-refractivity contribution is 7.16. The van der Waals surface area contributed by atoms with Crippen LogP contribution in [0, 0.1) is 0 Å². The number of methoxy groups -OCH3 is 1. The van der Waals surface area contributed by atoms with E-state index >= 15 is 0 Å². The molecule has 0 saturated carbocycles. The summed E-state index contributed by atoms with van der Waals surface area (Å²) in [6.07, 6.45) is 4.10. The Hall–Kier alpha value is -2.51. The van der Waals surface area contributed by atoms with Crippen molar-refractivity contribution in [1.29, 1.82) is 0 Å². The number of aromatic nitrogens is 1. The van der Waals surface area contributed by atoms with Crippen molar-refractivity contribution >= 4 is 50.8 Å². The molecule has 134 valence electrons. The van der Waals surface area contributed by atoms with E-state index in [4.69, 9.17) is 4.74 Å². The Balaban J connectivity index is 2.03. The summed E-state index contributed by atoms with van der Waals surface area (Å²) in [6.45, 7) is 2.10. The van der Waals surface area contributed by atoms with Gasteiger partial charge in [-0.2, -0.15) is 4.99 Å². The van der Waals surface area contributed by atoms with Crippen molar-refractivity contribution in [3.63, 3.8) is 0 Å². The maximum absolute atomic E-state index is 12.2. The van der Waals surface area contributed by atoms with Crippen LogP contribution >= 0.6 is 22.7 Å². The Bertz CT molecular complexity index is 1030. The molecule has 2 heterocycles. The smallest absolute Gasteiger partial charge is 0.325 e. The highest BCUT2D eigenvalue weighted by atomic mass is 32.1. The lowest BCUT2D eigenvalue weighted by Crippen LogP contribution is -2.22. The normalized spacial score (nSPS) is 12.2. The molecule has 26 heavy (non-hydrogen) atoms. The molecule has 5 nitrogen and oxygen atoms in total. The molecule has 0 atom stereocenters. The van der Waals surface area contributed by atoms with Crippen molar-refractivity contribution in [2.45, 2.75) is 19.9 Å². The number of nitrogens with zero attached hydrogens (tertiary/aromatic N) is 2. The van der Waals surface area contributed by atoms with Gasteiger partial charge in [0.15, 0.2) is 4.80 Å². The van der Waals surface area contributed by atoms with Crippen molar-refractivity contribution < 1.29 is 14.3 Å². The zero-order chi connectivity index (χ0) is 18.5. The fourth-order valence-electron chi connectivity index (χ4n) is 2.44. The minimum Gasteiger partial charge on any atom is -0.468 e. The van der Waals surface area contributed by atoms with E-state index in [9.17, 15) is 9.59 Å². The number of thiophene rings is 1.